The predicted octanol–water partition coefficient (Wildman–Crippen LogP) is 6.12. The number of fused-ring (bicyclic) bond motifs is 2. The third-order valence-electron chi connectivity index (χ3n) is 6.51. The third kappa shape index (κ3) is 6.28. The molecule has 2 heterocycles. The second-order valence-electron chi connectivity index (χ2n) is 9.24. The molecule has 1 aromatic heterocycles. The molecule has 4 rings (SSSR count). The van der Waals surface area contributed by atoms with Crippen molar-refractivity contribution in [3.63, 3.8) is 0 Å². The van der Waals surface area contributed by atoms with E-state index in [0.717, 1.165) is 13.0 Å². The number of nitrogens with zero attached hydrogens (tertiary/aromatic N) is 2. The predicted molar refractivity (Wildman–Crippen MR) is 149 cm³/mol. The molecule has 35 heavy (non-hydrogen) atoms. The highest BCUT2D eigenvalue weighted by atomic mass is 32.2. The lowest BCUT2D eigenvalue weighted by Gasteiger charge is -2.26. The van der Waals surface area contributed by atoms with Crippen LogP contribution in [-0.4, -0.2) is 41.5 Å². The van der Waals surface area contributed by atoms with Crippen molar-refractivity contribution in [2.24, 2.45) is 0 Å². The number of unbranched alkanes of at least 4 members (excludes halogenated alkanes) is 1. The number of aryl methyl sites for hydroxylation is 2. The molecule has 1 saturated heterocycles. The SMILES string of the molecule is CCC(=C/c1sc2ccc(C)cc2[n+]1CCCCS(=O)(=O)O)/C=C1/SC2C=CC(C)=CC2N1CC. The number of aromatic nitrogens is 1. The Hall–Kier alpha value is -1.87. The number of benzene rings is 1. The molecular weight excluding hydrogens is 497 g/mol. The molecule has 188 valence electrons. The van der Waals surface area contributed by atoms with Crippen LogP contribution in [0.4, 0.5) is 0 Å². The Morgan fingerprint density at radius 2 is 2.03 bits per heavy atom. The minimum absolute atomic E-state index is 0.194. The maximum atomic E-state index is 11.1. The molecule has 1 fully saturated rings. The molecule has 8 heteroatoms. The van der Waals surface area contributed by atoms with Gasteiger partial charge >= 0.3 is 0 Å². The van der Waals surface area contributed by atoms with E-state index in [0.29, 0.717) is 30.7 Å². The van der Waals surface area contributed by atoms with Gasteiger partial charge in [-0.15, -0.1) is 0 Å². The third-order valence-corrected chi connectivity index (χ3v) is 9.72. The van der Waals surface area contributed by atoms with Gasteiger partial charge in [-0.25, -0.2) is 0 Å². The zero-order chi connectivity index (χ0) is 25.2. The van der Waals surface area contributed by atoms with Gasteiger partial charge in [-0.3, -0.25) is 4.55 Å². The van der Waals surface area contributed by atoms with Crippen molar-refractivity contribution < 1.29 is 17.5 Å². The Morgan fingerprint density at radius 1 is 1.23 bits per heavy atom. The molecule has 0 saturated carbocycles. The van der Waals surface area contributed by atoms with Gasteiger partial charge in [-0.1, -0.05) is 59.9 Å². The zero-order valence-electron chi connectivity index (χ0n) is 20.9. The Kier molecular flexibility index (Phi) is 8.26. The van der Waals surface area contributed by atoms with E-state index in [-0.39, 0.29) is 5.75 Å². The first-order valence-electron chi connectivity index (χ1n) is 12.3. The van der Waals surface area contributed by atoms with Crippen LogP contribution in [-0.2, 0) is 16.7 Å². The number of rotatable bonds is 9. The van der Waals surface area contributed by atoms with Gasteiger partial charge in [-0.2, -0.15) is 13.0 Å². The first kappa shape index (κ1) is 26.2. The Labute approximate surface area is 217 Å². The second kappa shape index (κ2) is 11.0. The first-order valence-corrected chi connectivity index (χ1v) is 15.6. The summed E-state index contributed by atoms with van der Waals surface area (Å²) < 4.78 is 34.9. The molecule has 0 amide bonds. The number of allylic oxidation sites excluding steroid dienone is 4. The standard InChI is InChI=1S/C27H34N2O3S3/c1-5-21(17-26-28(6-2)22-15-19(3)9-11-24(22)33-26)18-27-29(13-7-8-14-35(30,31)32)23-16-20(4)10-12-25(23)34-27/h9-12,15-18,22,24H,5-8,13-14H2,1-4H3/p+1. The van der Waals surface area contributed by atoms with Crippen LogP contribution in [0.5, 0.6) is 0 Å². The Morgan fingerprint density at radius 3 is 2.74 bits per heavy atom. The van der Waals surface area contributed by atoms with Gasteiger partial charge in [0.25, 0.3) is 15.1 Å². The minimum atomic E-state index is -3.92. The lowest BCUT2D eigenvalue weighted by atomic mass is 10.0. The Bertz CT molecular complexity index is 1320. The van der Waals surface area contributed by atoms with E-state index in [9.17, 15) is 8.42 Å². The maximum absolute atomic E-state index is 11.1. The molecule has 2 unspecified atom stereocenters. The number of likely N-dealkylation sites (N-methyl/N-ethyl adjacent to an activating group) is 1. The molecule has 2 atom stereocenters. The van der Waals surface area contributed by atoms with Crippen molar-refractivity contribution in [3.8, 4) is 0 Å². The van der Waals surface area contributed by atoms with Crippen molar-refractivity contribution in [1.29, 1.82) is 0 Å². The normalized spacial score (nSPS) is 21.7. The lowest BCUT2D eigenvalue weighted by molar-refractivity contribution is -0.669. The lowest BCUT2D eigenvalue weighted by Crippen LogP contribution is -2.35. The van der Waals surface area contributed by atoms with Gasteiger partial charge in [0.1, 0.15) is 4.70 Å². The van der Waals surface area contributed by atoms with Crippen LogP contribution in [0.25, 0.3) is 16.3 Å². The van der Waals surface area contributed by atoms with Crippen molar-refractivity contribution in [2.75, 3.05) is 12.3 Å². The van der Waals surface area contributed by atoms with E-state index in [1.165, 1.54) is 37.0 Å². The molecule has 5 nitrogen and oxygen atoms in total. The zero-order valence-corrected chi connectivity index (χ0v) is 23.3. The van der Waals surface area contributed by atoms with Crippen LogP contribution in [0.3, 0.4) is 0 Å². The maximum Gasteiger partial charge on any atom is 0.264 e. The summed E-state index contributed by atoms with van der Waals surface area (Å²) in [5.41, 5.74) is 4.99. The molecule has 0 bridgehead atoms. The second-order valence-corrected chi connectivity index (χ2v) is 13.1. The van der Waals surface area contributed by atoms with Crippen molar-refractivity contribution in [3.05, 3.63) is 69.2 Å². The topological polar surface area (TPSA) is 61.5 Å². The fourth-order valence-electron chi connectivity index (χ4n) is 4.66. The van der Waals surface area contributed by atoms with Gasteiger partial charge in [0.15, 0.2) is 6.54 Å². The quantitative estimate of drug-likeness (QED) is 0.240. The molecule has 2 aliphatic rings. The molecular formula is C27H35N2O3S3+. The van der Waals surface area contributed by atoms with E-state index < -0.39 is 10.1 Å². The van der Waals surface area contributed by atoms with Gasteiger partial charge in [0, 0.05) is 25.1 Å². The summed E-state index contributed by atoms with van der Waals surface area (Å²) in [5, 5.41) is 2.95. The molecule has 1 aliphatic carbocycles. The van der Waals surface area contributed by atoms with Crippen molar-refractivity contribution in [1.82, 2.24) is 4.90 Å². The molecule has 0 spiro atoms. The summed E-state index contributed by atoms with van der Waals surface area (Å²) in [5.74, 6) is -0.194. The van der Waals surface area contributed by atoms with Gasteiger partial charge < -0.3 is 4.90 Å². The van der Waals surface area contributed by atoms with Crippen molar-refractivity contribution in [2.45, 2.75) is 64.8 Å². The summed E-state index contributed by atoms with van der Waals surface area (Å²) in [6.07, 6.45) is 13.6. The minimum Gasteiger partial charge on any atom is -0.359 e. The van der Waals surface area contributed by atoms with Crippen molar-refractivity contribution >= 4 is 49.5 Å². The first-order chi connectivity index (χ1) is 16.7. The van der Waals surface area contributed by atoms with E-state index in [1.54, 1.807) is 11.3 Å². The highest BCUT2D eigenvalue weighted by Crippen LogP contribution is 2.43. The summed E-state index contributed by atoms with van der Waals surface area (Å²) in [4.78, 5) is 2.50. The number of hydrogen-bond donors (Lipinski definition) is 1. The highest BCUT2D eigenvalue weighted by molar-refractivity contribution is 8.04. The van der Waals surface area contributed by atoms with Crippen LogP contribution in [0.1, 0.15) is 50.6 Å². The summed E-state index contributed by atoms with van der Waals surface area (Å²) >= 11 is 3.72. The fraction of sp³-hybridized carbons (Fsp3) is 0.444. The van der Waals surface area contributed by atoms with Crippen LogP contribution in [0.2, 0.25) is 0 Å². The van der Waals surface area contributed by atoms with E-state index in [2.05, 4.69) is 85.7 Å². The van der Waals surface area contributed by atoms with Crippen LogP contribution in [0.15, 0.2) is 58.7 Å². The molecule has 1 N–H and O–H groups in total. The molecule has 1 aromatic carbocycles. The Balaban J connectivity index is 1.66. The smallest absolute Gasteiger partial charge is 0.264 e. The van der Waals surface area contributed by atoms with Gasteiger partial charge in [0.2, 0.25) is 5.52 Å². The van der Waals surface area contributed by atoms with E-state index >= 15 is 0 Å². The van der Waals surface area contributed by atoms with Crippen LogP contribution >= 0.6 is 23.1 Å². The van der Waals surface area contributed by atoms with E-state index in [1.807, 2.05) is 11.8 Å². The highest BCUT2D eigenvalue weighted by Gasteiger charge is 2.35. The fourth-order valence-corrected chi connectivity index (χ4v) is 7.78. The summed E-state index contributed by atoms with van der Waals surface area (Å²) in [7, 11) is -3.92. The van der Waals surface area contributed by atoms with Gasteiger partial charge in [0.05, 0.1) is 22.1 Å². The summed E-state index contributed by atoms with van der Waals surface area (Å²) in [6.45, 7) is 10.4. The van der Waals surface area contributed by atoms with Crippen LogP contribution < -0.4 is 4.57 Å². The van der Waals surface area contributed by atoms with Gasteiger partial charge in [-0.05, 0) is 56.9 Å². The molecule has 2 aromatic rings. The average Bonchev–Trinajstić information content (AvgIpc) is 3.31. The average molecular weight is 532 g/mol. The largest absolute Gasteiger partial charge is 0.359 e. The molecule has 0 radical (unpaired) electrons. The van der Waals surface area contributed by atoms with Crippen LogP contribution in [0, 0.1) is 6.92 Å². The molecule has 1 aliphatic heterocycles. The number of thioether (sulfide) groups is 1. The van der Waals surface area contributed by atoms with E-state index in [4.69, 9.17) is 4.55 Å². The monoisotopic (exact) mass is 531 g/mol. The summed E-state index contributed by atoms with van der Waals surface area (Å²) in [6, 6.07) is 6.92. The number of hydrogen-bond acceptors (Lipinski definition) is 5. The number of thiazole rings is 1.